The third-order valence-electron chi connectivity index (χ3n) is 3.92. The minimum atomic E-state index is -3.70. The van der Waals surface area contributed by atoms with Crippen LogP contribution < -0.4 is 10.5 Å². The van der Waals surface area contributed by atoms with Crippen molar-refractivity contribution in [2.45, 2.75) is 24.9 Å². The van der Waals surface area contributed by atoms with E-state index in [1.165, 1.54) is 17.2 Å². The van der Waals surface area contributed by atoms with Gasteiger partial charge in [0.25, 0.3) is 0 Å². The summed E-state index contributed by atoms with van der Waals surface area (Å²) in [6, 6.07) is 14.8. The number of guanidine groups is 1. The zero-order chi connectivity index (χ0) is 18.4. The molecule has 134 valence electrons. The highest BCUT2D eigenvalue weighted by Crippen LogP contribution is 2.11. The topological polar surface area (TPSA) is 87.8 Å². The Bertz CT molecular complexity index is 863. The van der Waals surface area contributed by atoms with Crippen LogP contribution in [0.25, 0.3) is 0 Å². The third kappa shape index (κ3) is 5.30. The smallest absolute Gasteiger partial charge is 0.238 e. The van der Waals surface area contributed by atoms with E-state index in [9.17, 15) is 8.42 Å². The molecule has 0 radical (unpaired) electrons. The van der Waals surface area contributed by atoms with E-state index in [4.69, 9.17) is 5.14 Å². The van der Waals surface area contributed by atoms with Crippen LogP contribution in [-0.2, 0) is 23.1 Å². The molecule has 0 atom stereocenters. The minimum absolute atomic E-state index is 0.107. The summed E-state index contributed by atoms with van der Waals surface area (Å²) in [5.74, 6) is 0.726. The molecule has 0 heterocycles. The van der Waals surface area contributed by atoms with Crippen LogP contribution >= 0.6 is 0 Å². The molecule has 2 aromatic carbocycles. The van der Waals surface area contributed by atoms with E-state index in [0.29, 0.717) is 6.54 Å². The summed E-state index contributed by atoms with van der Waals surface area (Å²) in [4.78, 5) is 6.41. The second-order valence-electron chi connectivity index (χ2n) is 5.88. The van der Waals surface area contributed by atoms with Crippen LogP contribution in [0.5, 0.6) is 0 Å². The number of nitrogens with two attached hydrogens (primary N) is 1. The van der Waals surface area contributed by atoms with Crippen molar-refractivity contribution in [2.24, 2.45) is 10.1 Å². The van der Waals surface area contributed by atoms with Gasteiger partial charge in [0.2, 0.25) is 10.0 Å². The number of aliphatic imine (C=N–C) groups is 1. The second kappa shape index (κ2) is 8.13. The van der Waals surface area contributed by atoms with E-state index >= 15 is 0 Å². The predicted octanol–water partition coefficient (Wildman–Crippen LogP) is 1.85. The monoisotopic (exact) mass is 360 g/mol. The molecule has 2 aromatic rings. The van der Waals surface area contributed by atoms with Crippen LogP contribution in [-0.4, -0.2) is 33.4 Å². The Balaban J connectivity index is 2.04. The molecule has 3 N–H and O–H groups in total. The van der Waals surface area contributed by atoms with Crippen molar-refractivity contribution in [3.8, 4) is 0 Å². The van der Waals surface area contributed by atoms with E-state index in [-0.39, 0.29) is 4.90 Å². The fourth-order valence-electron chi connectivity index (χ4n) is 2.52. The lowest BCUT2D eigenvalue weighted by Gasteiger charge is -2.23. The van der Waals surface area contributed by atoms with Crippen LogP contribution in [0.4, 0.5) is 0 Å². The van der Waals surface area contributed by atoms with Gasteiger partial charge < -0.3 is 10.2 Å². The molecule has 0 unspecified atom stereocenters. The maximum Gasteiger partial charge on any atom is 0.238 e. The van der Waals surface area contributed by atoms with Gasteiger partial charge >= 0.3 is 0 Å². The molecule has 6 nitrogen and oxygen atoms in total. The number of nitrogens with one attached hydrogen (secondary N) is 1. The molecule has 0 bridgehead atoms. The standard InChI is InChI=1S/C18H24N4O2S/c1-14-7-4-5-9-16(14)13-22(3)18(20-2)21-12-15-8-6-10-17(11-15)25(19,23)24/h4-11H,12-13H2,1-3H3,(H,20,21)(H2,19,23,24). The lowest BCUT2D eigenvalue weighted by molar-refractivity contribution is 0.475. The summed E-state index contributed by atoms with van der Waals surface area (Å²) >= 11 is 0. The summed E-state index contributed by atoms with van der Waals surface area (Å²) in [6.07, 6.45) is 0. The van der Waals surface area contributed by atoms with Crippen LogP contribution in [0.15, 0.2) is 58.4 Å². The molecule has 0 saturated carbocycles. The van der Waals surface area contributed by atoms with E-state index in [2.05, 4.69) is 29.4 Å². The number of benzene rings is 2. The quantitative estimate of drug-likeness (QED) is 0.629. The van der Waals surface area contributed by atoms with Gasteiger partial charge in [0.05, 0.1) is 4.90 Å². The summed E-state index contributed by atoms with van der Waals surface area (Å²) in [5.41, 5.74) is 3.27. The second-order valence-corrected chi connectivity index (χ2v) is 7.44. The number of sulfonamides is 1. The summed E-state index contributed by atoms with van der Waals surface area (Å²) < 4.78 is 22.9. The molecule has 0 spiro atoms. The Kier molecular flexibility index (Phi) is 6.17. The molecule has 0 aromatic heterocycles. The van der Waals surface area contributed by atoms with E-state index in [1.807, 2.05) is 30.1 Å². The van der Waals surface area contributed by atoms with Gasteiger partial charge in [-0.25, -0.2) is 13.6 Å². The molecular formula is C18H24N4O2S. The number of primary sulfonamides is 1. The number of hydrogen-bond donors (Lipinski definition) is 2. The molecule has 0 saturated heterocycles. The highest BCUT2D eigenvalue weighted by molar-refractivity contribution is 7.89. The molecule has 7 heteroatoms. The van der Waals surface area contributed by atoms with Crippen LogP contribution in [0.2, 0.25) is 0 Å². The van der Waals surface area contributed by atoms with Crippen LogP contribution in [0, 0.1) is 6.92 Å². The highest BCUT2D eigenvalue weighted by atomic mass is 32.2. The van der Waals surface area contributed by atoms with Crippen molar-refractivity contribution in [1.82, 2.24) is 10.2 Å². The zero-order valence-electron chi connectivity index (χ0n) is 14.7. The predicted molar refractivity (Wildman–Crippen MR) is 101 cm³/mol. The maximum absolute atomic E-state index is 11.4. The van der Waals surface area contributed by atoms with Crippen molar-refractivity contribution in [2.75, 3.05) is 14.1 Å². The average molecular weight is 360 g/mol. The van der Waals surface area contributed by atoms with Gasteiger partial charge in [0.1, 0.15) is 0 Å². The van der Waals surface area contributed by atoms with Gasteiger partial charge in [0, 0.05) is 27.2 Å². The first-order chi connectivity index (χ1) is 11.8. The van der Waals surface area contributed by atoms with Crippen molar-refractivity contribution in [3.63, 3.8) is 0 Å². The fraction of sp³-hybridized carbons (Fsp3) is 0.278. The van der Waals surface area contributed by atoms with E-state index in [1.54, 1.807) is 19.2 Å². The van der Waals surface area contributed by atoms with Crippen molar-refractivity contribution in [3.05, 3.63) is 65.2 Å². The number of rotatable bonds is 5. The molecule has 25 heavy (non-hydrogen) atoms. The molecule has 0 amide bonds. The van der Waals surface area contributed by atoms with Crippen molar-refractivity contribution in [1.29, 1.82) is 0 Å². The maximum atomic E-state index is 11.4. The Morgan fingerprint density at radius 1 is 1.20 bits per heavy atom. The van der Waals surface area contributed by atoms with E-state index < -0.39 is 10.0 Å². The fourth-order valence-corrected chi connectivity index (χ4v) is 3.10. The Labute approximate surface area is 149 Å². The Hall–Kier alpha value is -2.38. The van der Waals surface area contributed by atoms with E-state index in [0.717, 1.165) is 18.1 Å². The first-order valence-electron chi connectivity index (χ1n) is 7.89. The van der Waals surface area contributed by atoms with Gasteiger partial charge in [-0.05, 0) is 35.7 Å². The van der Waals surface area contributed by atoms with Crippen molar-refractivity contribution >= 4 is 16.0 Å². The summed E-state index contributed by atoms with van der Waals surface area (Å²) in [5, 5.41) is 8.42. The molecule has 0 fully saturated rings. The van der Waals surface area contributed by atoms with Crippen LogP contribution in [0.3, 0.4) is 0 Å². The molecule has 0 aliphatic carbocycles. The molecule has 2 rings (SSSR count). The van der Waals surface area contributed by atoms with Gasteiger partial charge in [-0.2, -0.15) is 0 Å². The SMILES string of the molecule is CN=C(NCc1cccc(S(N)(=O)=O)c1)N(C)Cc1ccccc1C. The number of aryl methyl sites for hydroxylation is 1. The summed E-state index contributed by atoms with van der Waals surface area (Å²) in [6.45, 7) is 3.26. The van der Waals surface area contributed by atoms with Crippen molar-refractivity contribution < 1.29 is 8.42 Å². The average Bonchev–Trinajstić information content (AvgIpc) is 2.57. The number of hydrogen-bond acceptors (Lipinski definition) is 3. The van der Waals surface area contributed by atoms with Gasteiger partial charge in [-0.1, -0.05) is 36.4 Å². The van der Waals surface area contributed by atoms with Gasteiger partial charge in [-0.3, -0.25) is 4.99 Å². The Morgan fingerprint density at radius 3 is 2.56 bits per heavy atom. The lowest BCUT2D eigenvalue weighted by Crippen LogP contribution is -2.38. The largest absolute Gasteiger partial charge is 0.352 e. The first-order valence-corrected chi connectivity index (χ1v) is 9.44. The van der Waals surface area contributed by atoms with Gasteiger partial charge in [-0.15, -0.1) is 0 Å². The first kappa shape index (κ1) is 19.0. The zero-order valence-corrected chi connectivity index (χ0v) is 15.5. The van der Waals surface area contributed by atoms with Crippen LogP contribution in [0.1, 0.15) is 16.7 Å². The normalized spacial score (nSPS) is 12.1. The Morgan fingerprint density at radius 2 is 1.92 bits per heavy atom. The van der Waals surface area contributed by atoms with Gasteiger partial charge in [0.15, 0.2) is 5.96 Å². The third-order valence-corrected chi connectivity index (χ3v) is 4.83. The molecule has 0 aliphatic heterocycles. The summed E-state index contributed by atoms with van der Waals surface area (Å²) in [7, 11) is -0.0191. The molecule has 0 aliphatic rings. The minimum Gasteiger partial charge on any atom is -0.352 e. The molecular weight excluding hydrogens is 336 g/mol. The number of nitrogens with zero attached hydrogens (tertiary/aromatic N) is 2. The lowest BCUT2D eigenvalue weighted by atomic mass is 10.1. The highest BCUT2D eigenvalue weighted by Gasteiger charge is 2.10.